The highest BCUT2D eigenvalue weighted by Crippen LogP contribution is 2.61. The van der Waals surface area contributed by atoms with Gasteiger partial charge < -0.3 is 9.88 Å². The molecule has 0 spiro atoms. The molecule has 2 nitrogen and oxygen atoms in total. The molecule has 0 saturated heterocycles. The fraction of sp³-hybridized carbons (Fsp3) is 0.500. The van der Waals surface area contributed by atoms with E-state index in [9.17, 15) is 0 Å². The maximum absolute atomic E-state index is 3.73. The van der Waals surface area contributed by atoms with E-state index in [4.69, 9.17) is 0 Å². The lowest BCUT2D eigenvalue weighted by Gasteiger charge is -2.50. The summed E-state index contributed by atoms with van der Waals surface area (Å²) in [5.41, 5.74) is 9.17. The second-order valence-corrected chi connectivity index (χ2v) is 17.0. The number of nitrogens with zero attached hydrogens (tertiary/aromatic N) is 1. The summed E-state index contributed by atoms with van der Waals surface area (Å²) >= 11 is 0. The lowest BCUT2D eigenvalue weighted by molar-refractivity contribution is 0.376. The Morgan fingerprint density at radius 3 is 1.91 bits per heavy atom. The number of nitrogens with one attached hydrogen (secondary N) is 1. The number of rotatable bonds is 5. The lowest BCUT2D eigenvalue weighted by atomic mass is 9.76. The standard InChI is InChI=1S/C32H44N2Si/c1-20(2)23-17-24(21(3)4)26-19-25(22(5)6)32(27(26)18-23)35(7,8)34-30-15-11-9-13-28(30)33-29-14-10-12-16-31(29)34/h9-18,20-22,25-27,32-33H,19H2,1-8H3. The van der Waals surface area contributed by atoms with Crippen molar-refractivity contribution < 1.29 is 0 Å². The van der Waals surface area contributed by atoms with Crippen molar-refractivity contribution in [3.05, 3.63) is 71.8 Å². The van der Waals surface area contributed by atoms with Crippen LogP contribution in [0.25, 0.3) is 0 Å². The zero-order chi connectivity index (χ0) is 25.1. The number of benzene rings is 2. The average molecular weight is 485 g/mol. The molecular weight excluding hydrogens is 440 g/mol. The third-order valence-corrected chi connectivity index (χ3v) is 13.2. The molecule has 0 amide bonds. The van der Waals surface area contributed by atoms with Gasteiger partial charge >= 0.3 is 0 Å². The molecule has 3 heteroatoms. The van der Waals surface area contributed by atoms with Gasteiger partial charge in [-0.3, -0.25) is 0 Å². The quantitative estimate of drug-likeness (QED) is 0.425. The van der Waals surface area contributed by atoms with E-state index < -0.39 is 8.24 Å². The van der Waals surface area contributed by atoms with Gasteiger partial charge in [-0.05, 0) is 77.3 Å². The van der Waals surface area contributed by atoms with Crippen molar-refractivity contribution in [1.29, 1.82) is 0 Å². The fourth-order valence-corrected chi connectivity index (χ4v) is 12.3. The summed E-state index contributed by atoms with van der Waals surface area (Å²) in [6, 6.07) is 17.9. The van der Waals surface area contributed by atoms with Crippen LogP contribution in [0.5, 0.6) is 0 Å². The van der Waals surface area contributed by atoms with Gasteiger partial charge in [-0.15, -0.1) is 0 Å². The predicted octanol–water partition coefficient (Wildman–Crippen LogP) is 9.54. The van der Waals surface area contributed by atoms with Gasteiger partial charge in [0.25, 0.3) is 0 Å². The van der Waals surface area contributed by atoms with Crippen LogP contribution in [0, 0.1) is 35.5 Å². The van der Waals surface area contributed by atoms with Crippen molar-refractivity contribution >= 4 is 31.0 Å². The van der Waals surface area contributed by atoms with Crippen LogP contribution in [-0.4, -0.2) is 8.24 Å². The maximum Gasteiger partial charge on any atom is 0.160 e. The van der Waals surface area contributed by atoms with Gasteiger partial charge in [0, 0.05) is 0 Å². The van der Waals surface area contributed by atoms with Crippen LogP contribution < -0.4 is 9.88 Å². The molecule has 35 heavy (non-hydrogen) atoms. The average Bonchev–Trinajstić information content (AvgIpc) is 3.22. The Kier molecular flexibility index (Phi) is 6.28. The Morgan fingerprint density at radius 2 is 1.40 bits per heavy atom. The molecule has 2 aliphatic carbocycles. The van der Waals surface area contributed by atoms with Crippen molar-refractivity contribution in [1.82, 2.24) is 0 Å². The first-order valence-electron chi connectivity index (χ1n) is 13.8. The molecule has 1 heterocycles. The minimum absolute atomic E-state index is 0.578. The van der Waals surface area contributed by atoms with Gasteiger partial charge in [-0.2, -0.15) is 0 Å². The summed E-state index contributed by atoms with van der Waals surface area (Å²) in [4.78, 5) is 0. The molecule has 0 bridgehead atoms. The molecule has 5 rings (SSSR count). The van der Waals surface area contributed by atoms with Crippen molar-refractivity contribution in [3.63, 3.8) is 0 Å². The van der Waals surface area contributed by atoms with Gasteiger partial charge in [-0.1, -0.05) is 96.6 Å². The van der Waals surface area contributed by atoms with E-state index in [0.29, 0.717) is 35.1 Å². The molecule has 0 aromatic heterocycles. The molecular formula is C32H44N2Si. The highest BCUT2D eigenvalue weighted by molar-refractivity contribution is 6.84. The molecule has 3 aliphatic rings. The van der Waals surface area contributed by atoms with E-state index in [-0.39, 0.29) is 0 Å². The summed E-state index contributed by atoms with van der Waals surface area (Å²) < 4.78 is 2.81. The predicted molar refractivity (Wildman–Crippen MR) is 155 cm³/mol. The summed E-state index contributed by atoms with van der Waals surface area (Å²) in [6.45, 7) is 19.8. The van der Waals surface area contributed by atoms with E-state index >= 15 is 0 Å². The van der Waals surface area contributed by atoms with Gasteiger partial charge in [0.1, 0.15) is 0 Å². The zero-order valence-corrected chi connectivity index (χ0v) is 24.0. The summed E-state index contributed by atoms with van der Waals surface area (Å²) in [5, 5.41) is 3.73. The summed E-state index contributed by atoms with van der Waals surface area (Å²) in [5.74, 6) is 3.95. The first kappa shape index (κ1) is 24.4. The fourth-order valence-electron chi connectivity index (χ4n) is 7.51. The van der Waals surface area contributed by atoms with Gasteiger partial charge in [0.15, 0.2) is 8.24 Å². The van der Waals surface area contributed by atoms with Crippen LogP contribution in [0.3, 0.4) is 0 Å². The van der Waals surface area contributed by atoms with Crippen molar-refractivity contribution in [2.24, 2.45) is 35.5 Å². The molecule has 2 aromatic carbocycles. The number of para-hydroxylation sites is 4. The Morgan fingerprint density at radius 1 is 0.829 bits per heavy atom. The molecule has 4 unspecified atom stereocenters. The molecule has 0 radical (unpaired) electrons. The monoisotopic (exact) mass is 484 g/mol. The van der Waals surface area contributed by atoms with E-state index in [1.165, 1.54) is 29.2 Å². The molecule has 186 valence electrons. The highest BCUT2D eigenvalue weighted by atomic mass is 28.3. The van der Waals surface area contributed by atoms with Crippen LogP contribution >= 0.6 is 0 Å². The molecule has 1 aliphatic heterocycles. The number of hydrogen-bond donors (Lipinski definition) is 1. The van der Waals surface area contributed by atoms with Crippen LogP contribution in [0.4, 0.5) is 22.7 Å². The number of fused-ring (bicyclic) bond motifs is 3. The minimum atomic E-state index is -2.01. The Labute approximate surface area is 214 Å². The number of allylic oxidation sites excluding steroid dienone is 4. The summed E-state index contributed by atoms with van der Waals surface area (Å²) in [7, 11) is -2.01. The lowest BCUT2D eigenvalue weighted by Crippen LogP contribution is -2.54. The zero-order valence-electron chi connectivity index (χ0n) is 23.0. The largest absolute Gasteiger partial charge is 0.366 e. The van der Waals surface area contributed by atoms with Gasteiger partial charge in [0.2, 0.25) is 0 Å². The normalized spacial score (nSPS) is 25.7. The second-order valence-electron chi connectivity index (χ2n) is 12.6. The van der Waals surface area contributed by atoms with Gasteiger partial charge in [-0.25, -0.2) is 0 Å². The molecule has 1 N–H and O–H groups in total. The van der Waals surface area contributed by atoms with Crippen molar-refractivity contribution in [2.75, 3.05) is 9.88 Å². The molecule has 1 saturated carbocycles. The molecule has 2 aromatic rings. The van der Waals surface area contributed by atoms with Crippen LogP contribution in [0.1, 0.15) is 48.0 Å². The Hall–Kier alpha value is -2.26. The molecule has 4 atom stereocenters. The SMILES string of the molecule is CC(C)C1=CC2C(CC(C(C)C)C2[Si](C)(C)N2c3ccccc3Nc3ccccc32)C(C(C)C)=C1. The first-order chi connectivity index (χ1) is 16.6. The van der Waals surface area contributed by atoms with E-state index in [1.807, 2.05) is 0 Å². The number of hydrogen-bond acceptors (Lipinski definition) is 2. The van der Waals surface area contributed by atoms with Gasteiger partial charge in [0.05, 0.1) is 22.7 Å². The Bertz CT molecular complexity index is 1110. The third kappa shape index (κ3) is 4.00. The maximum atomic E-state index is 3.73. The van der Waals surface area contributed by atoms with Crippen LogP contribution in [-0.2, 0) is 0 Å². The van der Waals surface area contributed by atoms with Crippen molar-refractivity contribution in [2.45, 2.75) is 66.6 Å². The van der Waals surface area contributed by atoms with E-state index in [2.05, 4.69) is 125 Å². The van der Waals surface area contributed by atoms with E-state index in [1.54, 1.807) is 11.1 Å². The second kappa shape index (κ2) is 8.99. The first-order valence-corrected chi connectivity index (χ1v) is 16.8. The third-order valence-electron chi connectivity index (χ3n) is 9.15. The number of anilines is 4. The summed E-state index contributed by atoms with van der Waals surface area (Å²) in [6.07, 6.45) is 6.65. The minimum Gasteiger partial charge on any atom is -0.366 e. The van der Waals surface area contributed by atoms with Crippen LogP contribution in [0.15, 0.2) is 71.8 Å². The van der Waals surface area contributed by atoms with Crippen LogP contribution in [0.2, 0.25) is 18.6 Å². The highest BCUT2D eigenvalue weighted by Gasteiger charge is 2.56. The van der Waals surface area contributed by atoms with Crippen molar-refractivity contribution in [3.8, 4) is 0 Å². The smallest absolute Gasteiger partial charge is 0.160 e. The topological polar surface area (TPSA) is 15.3 Å². The Balaban J connectivity index is 1.67. The molecule has 1 fully saturated rings. The van der Waals surface area contributed by atoms with E-state index in [0.717, 1.165) is 5.92 Å².